The molecule has 0 heterocycles. The van der Waals surface area contributed by atoms with Gasteiger partial charge in [0.05, 0.1) is 5.56 Å². The molecule has 0 saturated carbocycles. The summed E-state index contributed by atoms with van der Waals surface area (Å²) in [6.45, 7) is 6.07. The molecule has 0 amide bonds. The third kappa shape index (κ3) is 6.70. The van der Waals surface area contributed by atoms with Crippen LogP contribution in [0.4, 0.5) is 4.39 Å². The summed E-state index contributed by atoms with van der Waals surface area (Å²) in [6.07, 6.45) is 6.45. The summed E-state index contributed by atoms with van der Waals surface area (Å²) in [4.78, 5) is 12.1. The molecule has 0 aliphatic carbocycles. The zero-order valence-electron chi connectivity index (χ0n) is 13.6. The van der Waals surface area contributed by atoms with Crippen molar-refractivity contribution in [2.24, 2.45) is 5.92 Å². The average Bonchev–Trinajstić information content (AvgIpc) is 2.52. The van der Waals surface area contributed by atoms with E-state index in [1.807, 2.05) is 32.9 Å². The van der Waals surface area contributed by atoms with Crippen LogP contribution in [-0.4, -0.2) is 12.1 Å². The number of halogens is 1. The van der Waals surface area contributed by atoms with Crippen LogP contribution >= 0.6 is 0 Å². The summed E-state index contributed by atoms with van der Waals surface area (Å²) < 4.78 is 19.6. The van der Waals surface area contributed by atoms with Crippen molar-refractivity contribution in [2.75, 3.05) is 0 Å². The smallest absolute Gasteiger partial charge is 0.339 e. The number of benzene rings is 1. The van der Waals surface area contributed by atoms with Crippen LogP contribution in [0.2, 0.25) is 0 Å². The van der Waals surface area contributed by atoms with E-state index in [1.165, 1.54) is 6.08 Å². The molecule has 0 saturated heterocycles. The van der Waals surface area contributed by atoms with Crippen molar-refractivity contribution in [1.29, 1.82) is 0 Å². The summed E-state index contributed by atoms with van der Waals surface area (Å²) in [5.74, 6) is -0.568. The average molecular weight is 304 g/mol. The van der Waals surface area contributed by atoms with Crippen LogP contribution in [0.25, 0.3) is 0 Å². The van der Waals surface area contributed by atoms with Gasteiger partial charge in [-0.05, 0) is 43.0 Å². The minimum absolute atomic E-state index is 0.357. The Kier molecular flexibility index (Phi) is 8.19. The van der Waals surface area contributed by atoms with Gasteiger partial charge < -0.3 is 4.74 Å². The molecule has 1 rings (SSSR count). The molecule has 1 atom stereocenters. The number of rotatable bonds is 8. The van der Waals surface area contributed by atoms with Crippen LogP contribution in [0.5, 0.6) is 0 Å². The van der Waals surface area contributed by atoms with Crippen molar-refractivity contribution >= 4 is 5.97 Å². The van der Waals surface area contributed by atoms with E-state index in [9.17, 15) is 9.18 Å². The van der Waals surface area contributed by atoms with E-state index in [1.54, 1.807) is 30.3 Å². The third-order valence-corrected chi connectivity index (χ3v) is 3.07. The predicted molar refractivity (Wildman–Crippen MR) is 88.3 cm³/mol. The first kappa shape index (κ1) is 18.1. The highest BCUT2D eigenvalue weighted by atomic mass is 19.1. The zero-order chi connectivity index (χ0) is 16.4. The zero-order valence-corrected chi connectivity index (χ0v) is 13.6. The van der Waals surface area contributed by atoms with E-state index in [0.717, 1.165) is 12.8 Å². The highest BCUT2D eigenvalue weighted by Crippen LogP contribution is 2.16. The molecule has 0 spiro atoms. The maximum Gasteiger partial charge on any atom is 0.339 e. The monoisotopic (exact) mass is 304 g/mol. The van der Waals surface area contributed by atoms with E-state index < -0.39 is 17.9 Å². The molecular weight excluding hydrogens is 279 g/mol. The lowest BCUT2D eigenvalue weighted by atomic mass is 10.1. The minimum Gasteiger partial charge on any atom is -0.447 e. The lowest BCUT2D eigenvalue weighted by Crippen LogP contribution is -2.17. The van der Waals surface area contributed by atoms with Gasteiger partial charge in [-0.25, -0.2) is 9.18 Å². The molecule has 0 fully saturated rings. The van der Waals surface area contributed by atoms with Crippen LogP contribution in [0.15, 0.2) is 54.4 Å². The molecule has 0 aliphatic heterocycles. The van der Waals surface area contributed by atoms with Crippen LogP contribution in [0.3, 0.4) is 0 Å². The molecule has 120 valence electrons. The number of ether oxygens (including phenoxy) is 1. The van der Waals surface area contributed by atoms with E-state index in [0.29, 0.717) is 17.9 Å². The lowest BCUT2D eigenvalue weighted by molar-refractivity contribution is 0.0415. The molecule has 0 aliphatic rings. The first-order valence-electron chi connectivity index (χ1n) is 7.82. The molecule has 1 unspecified atom stereocenters. The maximum absolute atomic E-state index is 14.3. The maximum atomic E-state index is 14.3. The van der Waals surface area contributed by atoms with Crippen molar-refractivity contribution in [3.05, 3.63) is 60.0 Å². The minimum atomic E-state index is -0.946. The van der Waals surface area contributed by atoms with E-state index in [4.69, 9.17) is 4.74 Å². The summed E-state index contributed by atoms with van der Waals surface area (Å²) in [7, 11) is 0. The summed E-state index contributed by atoms with van der Waals surface area (Å²) >= 11 is 0. The van der Waals surface area contributed by atoms with Gasteiger partial charge in [-0.1, -0.05) is 51.5 Å². The molecule has 2 nitrogen and oxygen atoms in total. The number of carbonyl (C=O) groups is 1. The molecule has 3 heteroatoms. The quantitative estimate of drug-likeness (QED) is 0.470. The van der Waals surface area contributed by atoms with E-state index in [-0.39, 0.29) is 0 Å². The fourth-order valence-electron chi connectivity index (χ4n) is 1.80. The van der Waals surface area contributed by atoms with Crippen LogP contribution in [0.1, 0.15) is 50.4 Å². The topological polar surface area (TPSA) is 26.3 Å². The van der Waals surface area contributed by atoms with Crippen LogP contribution < -0.4 is 0 Å². The standard InChI is InChI=1S/C19H25FO2/c1-4-5-7-12-18(17(20)14-13-15(2)3)22-19(21)16-10-8-6-9-11-16/h6-12,14-15,18H,4-5,13H2,1-3H3/b12-7-,17-14+. The number of unbranched alkanes of at least 4 members (excludes halogenated alkanes) is 1. The fraction of sp³-hybridized carbons (Fsp3) is 0.421. The van der Waals surface area contributed by atoms with Crippen molar-refractivity contribution in [1.82, 2.24) is 0 Å². The molecule has 0 bridgehead atoms. The van der Waals surface area contributed by atoms with Gasteiger partial charge in [-0.15, -0.1) is 0 Å². The van der Waals surface area contributed by atoms with Gasteiger partial charge in [-0.3, -0.25) is 0 Å². The Morgan fingerprint density at radius 2 is 1.95 bits per heavy atom. The van der Waals surface area contributed by atoms with E-state index in [2.05, 4.69) is 0 Å². The van der Waals surface area contributed by atoms with Gasteiger partial charge >= 0.3 is 5.97 Å². The lowest BCUT2D eigenvalue weighted by Gasteiger charge is -2.13. The van der Waals surface area contributed by atoms with Gasteiger partial charge in [-0.2, -0.15) is 0 Å². The fourth-order valence-corrected chi connectivity index (χ4v) is 1.80. The SMILES string of the molecule is CCC/C=C\C(OC(=O)c1ccccc1)/C(F)=C\CC(C)C. The third-order valence-electron chi connectivity index (χ3n) is 3.07. The van der Waals surface area contributed by atoms with Crippen LogP contribution in [0, 0.1) is 5.92 Å². The Hall–Kier alpha value is -1.90. The highest BCUT2D eigenvalue weighted by Gasteiger charge is 2.17. The molecular formula is C19H25FO2. The van der Waals surface area contributed by atoms with Crippen molar-refractivity contribution < 1.29 is 13.9 Å². The number of hydrogen-bond donors (Lipinski definition) is 0. The molecule has 22 heavy (non-hydrogen) atoms. The van der Waals surface area contributed by atoms with Gasteiger partial charge in [0, 0.05) is 0 Å². The number of esters is 1. The van der Waals surface area contributed by atoms with Gasteiger partial charge in [0.2, 0.25) is 0 Å². The molecule has 1 aromatic carbocycles. The number of hydrogen-bond acceptors (Lipinski definition) is 2. The Morgan fingerprint density at radius 1 is 1.27 bits per heavy atom. The normalized spacial score (nSPS) is 13.6. The van der Waals surface area contributed by atoms with Crippen molar-refractivity contribution in [3.8, 4) is 0 Å². The second-order valence-corrected chi connectivity index (χ2v) is 5.63. The Labute approximate surface area is 132 Å². The van der Waals surface area contributed by atoms with Crippen molar-refractivity contribution in [2.45, 2.75) is 46.1 Å². The van der Waals surface area contributed by atoms with Gasteiger partial charge in [0.1, 0.15) is 5.83 Å². The molecule has 0 aromatic heterocycles. The molecule has 0 radical (unpaired) electrons. The number of allylic oxidation sites excluding steroid dienone is 2. The second kappa shape index (κ2) is 9.93. The Morgan fingerprint density at radius 3 is 2.55 bits per heavy atom. The summed E-state index contributed by atoms with van der Waals surface area (Å²) in [5.41, 5.74) is 0.424. The van der Waals surface area contributed by atoms with Crippen LogP contribution in [-0.2, 0) is 4.74 Å². The highest BCUT2D eigenvalue weighted by molar-refractivity contribution is 5.89. The molecule has 1 aromatic rings. The Bertz CT molecular complexity index is 503. The summed E-state index contributed by atoms with van der Waals surface area (Å²) in [6, 6.07) is 8.64. The first-order valence-corrected chi connectivity index (χ1v) is 7.82. The molecule has 0 N–H and O–H groups in total. The number of carbonyl (C=O) groups excluding carboxylic acids is 1. The van der Waals surface area contributed by atoms with E-state index >= 15 is 0 Å². The van der Waals surface area contributed by atoms with Gasteiger partial charge in [0.25, 0.3) is 0 Å². The Balaban J connectivity index is 2.81. The second-order valence-electron chi connectivity index (χ2n) is 5.63. The predicted octanol–water partition coefficient (Wildman–Crippen LogP) is 5.47. The van der Waals surface area contributed by atoms with Crippen molar-refractivity contribution in [3.63, 3.8) is 0 Å². The summed E-state index contributed by atoms with van der Waals surface area (Å²) in [5, 5.41) is 0. The largest absolute Gasteiger partial charge is 0.447 e. The van der Waals surface area contributed by atoms with Gasteiger partial charge in [0.15, 0.2) is 6.10 Å². The first-order chi connectivity index (χ1) is 10.5.